The number of carbonyl (C=O) groups is 1. The van der Waals surface area contributed by atoms with Crippen molar-refractivity contribution < 1.29 is 4.79 Å². The molecular formula is C19H20N4O. The zero-order valence-corrected chi connectivity index (χ0v) is 13.9. The van der Waals surface area contributed by atoms with Crippen LogP contribution in [-0.2, 0) is 7.05 Å². The Balaban J connectivity index is 1.67. The van der Waals surface area contributed by atoms with Crippen molar-refractivity contribution in [2.24, 2.45) is 7.05 Å². The number of aryl methyl sites for hydroxylation is 2. The number of pyridine rings is 1. The molecule has 1 unspecified atom stereocenters. The van der Waals surface area contributed by atoms with Crippen LogP contribution in [0.5, 0.6) is 0 Å². The summed E-state index contributed by atoms with van der Waals surface area (Å²) < 4.78 is 2.04. The van der Waals surface area contributed by atoms with Gasteiger partial charge in [0.2, 0.25) is 0 Å². The first-order valence-electron chi connectivity index (χ1n) is 8.30. The Bertz CT molecular complexity index is 900. The number of rotatable bonds is 2. The van der Waals surface area contributed by atoms with Crippen molar-refractivity contribution in [1.82, 2.24) is 19.4 Å². The van der Waals surface area contributed by atoms with E-state index in [9.17, 15) is 4.79 Å². The highest BCUT2D eigenvalue weighted by molar-refractivity contribution is 5.97. The molecule has 122 valence electrons. The number of amides is 1. The Kier molecular flexibility index (Phi) is 3.56. The topological polar surface area (TPSA) is 51.0 Å². The fraction of sp³-hybridized carbons (Fsp3) is 0.316. The van der Waals surface area contributed by atoms with Gasteiger partial charge in [0.25, 0.3) is 5.91 Å². The third-order valence-electron chi connectivity index (χ3n) is 4.89. The van der Waals surface area contributed by atoms with Gasteiger partial charge in [0.05, 0.1) is 22.8 Å². The van der Waals surface area contributed by atoms with Crippen molar-refractivity contribution in [2.45, 2.75) is 25.8 Å². The molecule has 3 aromatic rings. The van der Waals surface area contributed by atoms with Gasteiger partial charge in [-0.05, 0) is 50.1 Å². The Labute approximate surface area is 140 Å². The van der Waals surface area contributed by atoms with E-state index in [1.54, 1.807) is 6.20 Å². The Hall–Kier alpha value is -2.69. The molecule has 2 aromatic heterocycles. The van der Waals surface area contributed by atoms with Crippen LogP contribution in [0.15, 0.2) is 42.6 Å². The second-order valence-electron chi connectivity index (χ2n) is 6.33. The maximum atomic E-state index is 13.0. The molecule has 24 heavy (non-hydrogen) atoms. The summed E-state index contributed by atoms with van der Waals surface area (Å²) in [7, 11) is 1.99. The summed E-state index contributed by atoms with van der Waals surface area (Å²) >= 11 is 0. The monoisotopic (exact) mass is 320 g/mol. The molecule has 1 atom stereocenters. The Morgan fingerprint density at radius 2 is 2.12 bits per heavy atom. The van der Waals surface area contributed by atoms with E-state index in [-0.39, 0.29) is 11.9 Å². The molecule has 5 heteroatoms. The van der Waals surface area contributed by atoms with E-state index in [0.717, 1.165) is 41.9 Å². The van der Waals surface area contributed by atoms with E-state index in [4.69, 9.17) is 0 Å². The second kappa shape index (κ2) is 5.74. The first-order valence-corrected chi connectivity index (χ1v) is 8.30. The third kappa shape index (κ3) is 2.37. The summed E-state index contributed by atoms with van der Waals surface area (Å²) in [6.45, 7) is 2.75. The summed E-state index contributed by atoms with van der Waals surface area (Å²) in [6, 6.07) is 11.7. The molecule has 5 nitrogen and oxygen atoms in total. The highest BCUT2D eigenvalue weighted by atomic mass is 16.2. The predicted molar refractivity (Wildman–Crippen MR) is 92.7 cm³/mol. The molecular weight excluding hydrogens is 300 g/mol. The molecule has 1 aliphatic rings. The average molecular weight is 320 g/mol. The van der Waals surface area contributed by atoms with Gasteiger partial charge >= 0.3 is 0 Å². The normalized spacial score (nSPS) is 17.6. The van der Waals surface area contributed by atoms with Crippen molar-refractivity contribution in [1.29, 1.82) is 0 Å². The number of hydrogen-bond donors (Lipinski definition) is 0. The molecule has 1 aliphatic heterocycles. The largest absolute Gasteiger partial charge is 0.331 e. The van der Waals surface area contributed by atoms with Crippen LogP contribution >= 0.6 is 0 Å². The summed E-state index contributed by atoms with van der Waals surface area (Å²) in [4.78, 5) is 24.0. The molecule has 1 fully saturated rings. The van der Waals surface area contributed by atoms with Crippen molar-refractivity contribution in [3.8, 4) is 0 Å². The number of carbonyl (C=O) groups excluding carboxylic acids is 1. The van der Waals surface area contributed by atoms with Crippen molar-refractivity contribution in [2.75, 3.05) is 6.54 Å². The van der Waals surface area contributed by atoms with Gasteiger partial charge in [-0.25, -0.2) is 4.98 Å². The van der Waals surface area contributed by atoms with E-state index < -0.39 is 0 Å². The number of benzene rings is 1. The standard InChI is InChI=1S/C19H20N4O/c1-13-21-16-12-14(8-9-17(16)22(13)2)19(24)23-11-5-7-18(23)15-6-3-4-10-20-15/h3-4,6,8-10,12,18H,5,7,11H2,1-2H3. The molecule has 0 spiro atoms. The molecule has 1 saturated heterocycles. The van der Waals surface area contributed by atoms with Crippen LogP contribution in [0.25, 0.3) is 11.0 Å². The number of imidazole rings is 1. The molecule has 0 saturated carbocycles. The van der Waals surface area contributed by atoms with Crippen LogP contribution in [0.2, 0.25) is 0 Å². The maximum absolute atomic E-state index is 13.0. The Morgan fingerprint density at radius 1 is 1.25 bits per heavy atom. The fourth-order valence-corrected chi connectivity index (χ4v) is 3.51. The fourth-order valence-electron chi connectivity index (χ4n) is 3.51. The molecule has 0 bridgehead atoms. The number of likely N-dealkylation sites (tertiary alicyclic amines) is 1. The lowest BCUT2D eigenvalue weighted by Gasteiger charge is -2.24. The molecule has 1 aromatic carbocycles. The van der Waals surface area contributed by atoms with Crippen LogP contribution in [0, 0.1) is 6.92 Å². The molecule has 0 N–H and O–H groups in total. The lowest BCUT2D eigenvalue weighted by Crippen LogP contribution is -2.30. The zero-order valence-electron chi connectivity index (χ0n) is 13.9. The van der Waals surface area contributed by atoms with Gasteiger partial charge < -0.3 is 9.47 Å². The van der Waals surface area contributed by atoms with Crippen LogP contribution in [0.1, 0.15) is 40.8 Å². The van der Waals surface area contributed by atoms with Gasteiger partial charge in [-0.2, -0.15) is 0 Å². The summed E-state index contributed by atoms with van der Waals surface area (Å²) in [5.74, 6) is 1.01. The predicted octanol–water partition coefficient (Wildman–Crippen LogP) is 3.25. The molecule has 0 aliphatic carbocycles. The van der Waals surface area contributed by atoms with Gasteiger partial charge in [0.1, 0.15) is 5.82 Å². The first kappa shape index (κ1) is 14.9. The highest BCUT2D eigenvalue weighted by Crippen LogP contribution is 2.32. The van der Waals surface area contributed by atoms with E-state index in [2.05, 4.69) is 9.97 Å². The third-order valence-corrected chi connectivity index (χ3v) is 4.89. The lowest BCUT2D eigenvalue weighted by molar-refractivity contribution is 0.0733. The first-order chi connectivity index (χ1) is 11.6. The van der Waals surface area contributed by atoms with Crippen LogP contribution in [0.3, 0.4) is 0 Å². The van der Waals surface area contributed by atoms with Crippen molar-refractivity contribution in [3.63, 3.8) is 0 Å². The van der Waals surface area contributed by atoms with Gasteiger partial charge in [-0.3, -0.25) is 9.78 Å². The highest BCUT2D eigenvalue weighted by Gasteiger charge is 2.31. The average Bonchev–Trinajstić information content (AvgIpc) is 3.20. The summed E-state index contributed by atoms with van der Waals surface area (Å²) in [5.41, 5.74) is 3.59. The van der Waals surface area contributed by atoms with Crippen LogP contribution < -0.4 is 0 Å². The van der Waals surface area contributed by atoms with Crippen LogP contribution in [-0.4, -0.2) is 31.9 Å². The van der Waals surface area contributed by atoms with E-state index >= 15 is 0 Å². The minimum atomic E-state index is 0.0633. The van der Waals surface area contributed by atoms with Gasteiger partial charge in [0.15, 0.2) is 0 Å². The smallest absolute Gasteiger partial charge is 0.254 e. The van der Waals surface area contributed by atoms with Gasteiger partial charge in [0, 0.05) is 25.4 Å². The van der Waals surface area contributed by atoms with Crippen molar-refractivity contribution >= 4 is 16.9 Å². The van der Waals surface area contributed by atoms with E-state index in [1.807, 2.05) is 59.8 Å². The lowest BCUT2D eigenvalue weighted by atomic mass is 10.1. The molecule has 1 amide bonds. The molecule has 3 heterocycles. The van der Waals surface area contributed by atoms with Gasteiger partial charge in [-0.1, -0.05) is 6.07 Å². The van der Waals surface area contributed by atoms with E-state index in [1.165, 1.54) is 0 Å². The zero-order chi connectivity index (χ0) is 16.7. The van der Waals surface area contributed by atoms with E-state index in [0.29, 0.717) is 5.56 Å². The second-order valence-corrected chi connectivity index (χ2v) is 6.33. The minimum Gasteiger partial charge on any atom is -0.331 e. The summed E-state index contributed by atoms with van der Waals surface area (Å²) in [6.07, 6.45) is 3.77. The number of aromatic nitrogens is 3. The SMILES string of the molecule is Cc1nc2cc(C(=O)N3CCCC3c3ccccn3)ccc2n1C. The summed E-state index contributed by atoms with van der Waals surface area (Å²) in [5, 5.41) is 0. The number of nitrogens with zero attached hydrogens (tertiary/aromatic N) is 4. The number of fused-ring (bicyclic) bond motifs is 1. The van der Waals surface area contributed by atoms with Gasteiger partial charge in [-0.15, -0.1) is 0 Å². The van der Waals surface area contributed by atoms with Crippen molar-refractivity contribution in [3.05, 3.63) is 59.7 Å². The van der Waals surface area contributed by atoms with Crippen LogP contribution in [0.4, 0.5) is 0 Å². The Morgan fingerprint density at radius 3 is 2.92 bits per heavy atom. The molecule has 4 rings (SSSR count). The quantitative estimate of drug-likeness (QED) is 0.728. The maximum Gasteiger partial charge on any atom is 0.254 e. The minimum absolute atomic E-state index is 0.0633. The number of hydrogen-bond acceptors (Lipinski definition) is 3. The molecule has 0 radical (unpaired) electrons.